The van der Waals surface area contributed by atoms with Crippen molar-refractivity contribution in [2.75, 3.05) is 44.7 Å². The second-order valence-corrected chi connectivity index (χ2v) is 11.4. The van der Waals surface area contributed by atoms with Gasteiger partial charge in [-0.15, -0.1) is 11.3 Å². The summed E-state index contributed by atoms with van der Waals surface area (Å²) in [6.45, 7) is 2.17. The van der Waals surface area contributed by atoms with Gasteiger partial charge in [-0.3, -0.25) is 14.8 Å². The van der Waals surface area contributed by atoms with E-state index in [4.69, 9.17) is 26.4 Å². The van der Waals surface area contributed by atoms with Gasteiger partial charge in [-0.1, -0.05) is 17.7 Å². The topological polar surface area (TPSA) is 141 Å². The number of carbonyl (C=O) groups is 3. The number of aliphatic imine (C=N–C) groups is 1. The maximum absolute atomic E-state index is 13.9. The summed E-state index contributed by atoms with van der Waals surface area (Å²) >= 11 is 7.82. The molecule has 2 N–H and O–H groups in total. The fraction of sp³-hybridized carbons (Fsp3) is 0.286. The third kappa shape index (κ3) is 5.56. The van der Waals surface area contributed by atoms with Gasteiger partial charge in [0.2, 0.25) is 0 Å². The largest absolute Gasteiger partial charge is 0.477 e. The van der Waals surface area contributed by atoms with Gasteiger partial charge in [-0.05, 0) is 24.3 Å². The highest BCUT2D eigenvalue weighted by molar-refractivity contribution is 7.11. The number of rotatable bonds is 7. The van der Waals surface area contributed by atoms with E-state index in [1.807, 2.05) is 5.38 Å². The average Bonchev–Trinajstić information content (AvgIpc) is 3.65. The van der Waals surface area contributed by atoms with Crippen LogP contribution < -0.4 is 10.2 Å². The number of amides is 2. The highest BCUT2D eigenvalue weighted by atomic mass is 35.5. The summed E-state index contributed by atoms with van der Waals surface area (Å²) < 4.78 is 19.1. The first-order valence-electron chi connectivity index (χ1n) is 13.2. The quantitative estimate of drug-likeness (QED) is 0.379. The van der Waals surface area contributed by atoms with Crippen LogP contribution in [0.1, 0.15) is 27.1 Å². The van der Waals surface area contributed by atoms with Gasteiger partial charge in [0, 0.05) is 60.6 Å². The third-order valence-corrected chi connectivity index (χ3v) is 8.63. The second kappa shape index (κ2) is 11.7. The molecule has 1 unspecified atom stereocenters. The van der Waals surface area contributed by atoms with Crippen molar-refractivity contribution in [3.63, 3.8) is 0 Å². The van der Waals surface area contributed by atoms with Crippen LogP contribution in [-0.4, -0.2) is 94.6 Å². The first-order chi connectivity index (χ1) is 20.7. The number of carboxylic acid groups (broad SMARTS) is 1. The zero-order chi connectivity index (χ0) is 30.2. The smallest absolute Gasteiger partial charge is 0.354 e. The Kier molecular flexibility index (Phi) is 7.81. The van der Waals surface area contributed by atoms with Gasteiger partial charge in [-0.25, -0.2) is 28.7 Å². The van der Waals surface area contributed by atoms with Gasteiger partial charge in [0.15, 0.2) is 10.8 Å². The summed E-state index contributed by atoms with van der Waals surface area (Å²) in [5.41, 5.74) is 1.65. The number of ether oxygens (including phenoxy) is 1. The number of thiazole rings is 1. The molecule has 3 aliphatic rings. The highest BCUT2D eigenvalue weighted by Crippen LogP contribution is 2.37. The SMILES string of the molecule is COC(=O)C1=C(CN2CCN3C(=O)N(c4ccc(C(=O)O)nc4)CC3C2)NC(c2nccs2)=N[C@H]1c1ccc(F)cc1Cl. The lowest BCUT2D eigenvalue weighted by molar-refractivity contribution is -0.136. The molecule has 5 heterocycles. The van der Waals surface area contributed by atoms with E-state index in [0.29, 0.717) is 60.5 Å². The Morgan fingerprint density at radius 2 is 2.05 bits per heavy atom. The molecule has 43 heavy (non-hydrogen) atoms. The number of benzene rings is 1. The van der Waals surface area contributed by atoms with E-state index in [2.05, 4.69) is 20.2 Å². The third-order valence-electron chi connectivity index (χ3n) is 7.52. The maximum Gasteiger partial charge on any atom is 0.354 e. The van der Waals surface area contributed by atoms with E-state index in [9.17, 15) is 18.8 Å². The van der Waals surface area contributed by atoms with Gasteiger partial charge in [-0.2, -0.15) is 0 Å². The molecule has 2 atom stereocenters. The predicted molar refractivity (Wildman–Crippen MR) is 156 cm³/mol. The summed E-state index contributed by atoms with van der Waals surface area (Å²) in [6.07, 6.45) is 3.03. The van der Waals surface area contributed by atoms with Crippen LogP contribution in [-0.2, 0) is 9.53 Å². The number of urea groups is 1. The molecule has 3 aromatic rings. The van der Waals surface area contributed by atoms with E-state index < -0.39 is 23.8 Å². The normalized spacial score (nSPS) is 20.5. The molecule has 0 bridgehead atoms. The Morgan fingerprint density at radius 3 is 2.72 bits per heavy atom. The molecule has 2 saturated heterocycles. The Balaban J connectivity index is 1.28. The number of methoxy groups -OCH3 is 1. The van der Waals surface area contributed by atoms with Crippen molar-refractivity contribution in [3.05, 3.63) is 86.5 Å². The summed E-state index contributed by atoms with van der Waals surface area (Å²) in [5.74, 6) is -1.81. The Bertz CT molecular complexity index is 1650. The first kappa shape index (κ1) is 28.7. The standard InChI is InChI=1S/C28H25ClFN7O5S/c1-42-27(40)22-21(33-24(25-31-6-9-43-25)34-23(22)18-4-2-15(30)10-19(18)29)14-35-7-8-36-17(12-35)13-37(28(36)41)16-3-5-20(26(38)39)32-11-16/h2-6,9-11,17,23H,7-8,12-14H2,1H3,(H,33,34)(H,38,39)/t17?,23-/m0/s1. The molecule has 1 aromatic carbocycles. The molecule has 3 aliphatic heterocycles. The molecule has 2 fully saturated rings. The van der Waals surface area contributed by atoms with Gasteiger partial charge < -0.3 is 20.1 Å². The number of hydrogen-bond acceptors (Lipinski definition) is 10. The van der Waals surface area contributed by atoms with Crippen LogP contribution in [0.3, 0.4) is 0 Å². The molecule has 222 valence electrons. The van der Waals surface area contributed by atoms with Crippen molar-refractivity contribution < 1.29 is 28.6 Å². The fourth-order valence-corrected chi connectivity index (χ4v) is 6.35. The minimum absolute atomic E-state index is 0.102. The molecule has 2 aromatic heterocycles. The molecule has 0 aliphatic carbocycles. The Labute approximate surface area is 254 Å². The molecule has 0 saturated carbocycles. The molecule has 0 radical (unpaired) electrons. The van der Waals surface area contributed by atoms with E-state index in [1.54, 1.807) is 22.1 Å². The first-order valence-corrected chi connectivity index (χ1v) is 14.5. The van der Waals surface area contributed by atoms with Crippen molar-refractivity contribution in [3.8, 4) is 0 Å². The van der Waals surface area contributed by atoms with Crippen molar-refractivity contribution in [1.82, 2.24) is 25.1 Å². The molecule has 12 nitrogen and oxygen atoms in total. The van der Waals surface area contributed by atoms with Gasteiger partial charge in [0.25, 0.3) is 0 Å². The number of amidine groups is 1. The molecule has 0 spiro atoms. The monoisotopic (exact) mass is 625 g/mol. The number of hydrogen-bond donors (Lipinski definition) is 2. The average molecular weight is 626 g/mol. The zero-order valence-electron chi connectivity index (χ0n) is 22.7. The van der Waals surface area contributed by atoms with Crippen LogP contribution in [0.4, 0.5) is 14.9 Å². The molecule has 6 rings (SSSR count). The van der Waals surface area contributed by atoms with Crippen LogP contribution in [0, 0.1) is 5.82 Å². The number of nitrogens with one attached hydrogen (secondary N) is 1. The Hall–Kier alpha value is -4.40. The van der Waals surface area contributed by atoms with Crippen molar-refractivity contribution in [2.45, 2.75) is 12.1 Å². The molecular weight excluding hydrogens is 601 g/mol. The minimum atomic E-state index is -1.14. The van der Waals surface area contributed by atoms with E-state index in [1.165, 1.54) is 48.9 Å². The van der Waals surface area contributed by atoms with E-state index >= 15 is 0 Å². The number of piperazine rings is 1. The van der Waals surface area contributed by atoms with Crippen molar-refractivity contribution in [2.24, 2.45) is 4.99 Å². The van der Waals surface area contributed by atoms with Crippen LogP contribution in [0.2, 0.25) is 5.02 Å². The van der Waals surface area contributed by atoms with Gasteiger partial charge in [0.05, 0.1) is 30.6 Å². The maximum atomic E-state index is 13.9. The van der Waals surface area contributed by atoms with Gasteiger partial charge >= 0.3 is 18.0 Å². The van der Waals surface area contributed by atoms with Crippen molar-refractivity contribution in [1.29, 1.82) is 0 Å². The minimum Gasteiger partial charge on any atom is -0.477 e. The number of fused-ring (bicyclic) bond motifs is 1. The number of pyridine rings is 1. The lowest BCUT2D eigenvalue weighted by atomic mass is 9.95. The number of halogens is 2. The number of carbonyl (C=O) groups excluding carboxylic acids is 2. The number of aromatic nitrogens is 2. The Morgan fingerprint density at radius 1 is 1.21 bits per heavy atom. The number of esters is 1. The lowest BCUT2D eigenvalue weighted by Crippen LogP contribution is -2.53. The molecule has 2 amide bonds. The van der Waals surface area contributed by atoms with Crippen molar-refractivity contribution >= 4 is 52.4 Å². The van der Waals surface area contributed by atoms with E-state index in [0.717, 1.165) is 0 Å². The summed E-state index contributed by atoms with van der Waals surface area (Å²) in [7, 11) is 1.28. The van der Waals surface area contributed by atoms with Crippen LogP contribution in [0.5, 0.6) is 0 Å². The predicted octanol–water partition coefficient (Wildman–Crippen LogP) is 3.17. The number of carboxylic acids is 1. The molecule has 15 heteroatoms. The van der Waals surface area contributed by atoms with Crippen LogP contribution >= 0.6 is 22.9 Å². The summed E-state index contributed by atoms with van der Waals surface area (Å²) in [4.78, 5) is 56.2. The highest BCUT2D eigenvalue weighted by Gasteiger charge is 2.42. The van der Waals surface area contributed by atoms with Crippen LogP contribution in [0.15, 0.2) is 64.4 Å². The van der Waals surface area contributed by atoms with E-state index in [-0.39, 0.29) is 28.4 Å². The lowest BCUT2D eigenvalue weighted by Gasteiger charge is -2.38. The number of aromatic carboxylic acids is 1. The zero-order valence-corrected chi connectivity index (χ0v) is 24.3. The fourth-order valence-electron chi connectivity index (χ4n) is 5.50. The van der Waals surface area contributed by atoms with Gasteiger partial charge in [0.1, 0.15) is 17.6 Å². The number of anilines is 1. The number of nitrogens with zero attached hydrogens (tertiary/aromatic N) is 6. The summed E-state index contributed by atoms with van der Waals surface area (Å²) in [5, 5.41) is 15.0. The summed E-state index contributed by atoms with van der Waals surface area (Å²) in [6, 6.07) is 5.69. The van der Waals surface area contributed by atoms with Crippen LogP contribution in [0.25, 0.3) is 0 Å². The second-order valence-electron chi connectivity index (χ2n) is 10.1. The molecular formula is C28H25ClFN7O5S.